The summed E-state index contributed by atoms with van der Waals surface area (Å²) in [6, 6.07) is 0. The molecule has 3 heteroatoms. The summed E-state index contributed by atoms with van der Waals surface area (Å²) in [7, 11) is 3.46. The van der Waals surface area contributed by atoms with Crippen molar-refractivity contribution in [1.29, 1.82) is 0 Å². The minimum Gasteiger partial charge on any atom is -0.613 e. The molecule has 1 atom stereocenters. The van der Waals surface area contributed by atoms with Gasteiger partial charge in [0.1, 0.15) is 6.54 Å². The largest absolute Gasteiger partial charge is 0.613 e. The Morgan fingerprint density at radius 1 is 1.75 bits per heavy atom. The van der Waals surface area contributed by atoms with Crippen LogP contribution in [0.1, 0.15) is 0 Å². The number of hydrogen-bond donors (Lipinski definition) is 1. The lowest BCUT2D eigenvalue weighted by atomic mass is 10.6. The van der Waals surface area contributed by atoms with Crippen LogP contribution in [0.4, 0.5) is 0 Å². The lowest BCUT2D eigenvalue weighted by Crippen LogP contribution is -3.12. The topological polar surface area (TPSA) is 30.7 Å². The molecule has 3 nitrogen and oxygen atoms in total. The molecule has 0 spiro atoms. The number of rotatable bonds is 3. The van der Waals surface area contributed by atoms with Gasteiger partial charge in [-0.05, 0) is 6.08 Å². The number of quaternary nitrogens is 1. The van der Waals surface area contributed by atoms with E-state index in [-0.39, 0.29) is 5.17 Å². The number of nitrogens with zero attached hydrogens (tertiary/aromatic N) is 1. The molecule has 0 aliphatic heterocycles. The van der Waals surface area contributed by atoms with Crippen molar-refractivity contribution in [3.05, 3.63) is 17.9 Å². The highest BCUT2D eigenvalue weighted by Crippen LogP contribution is 1.53. The SMILES string of the molecule is C=CC[NH+]([O-])N(C)C. The maximum atomic E-state index is 10.6. The van der Waals surface area contributed by atoms with Gasteiger partial charge in [0.15, 0.2) is 0 Å². The average molecular weight is 116 g/mol. The van der Waals surface area contributed by atoms with Crippen molar-refractivity contribution in [3.63, 3.8) is 0 Å². The van der Waals surface area contributed by atoms with E-state index in [0.717, 1.165) is 0 Å². The van der Waals surface area contributed by atoms with Gasteiger partial charge in [0.2, 0.25) is 0 Å². The molecule has 48 valence electrons. The second-order valence-corrected chi connectivity index (χ2v) is 1.78. The van der Waals surface area contributed by atoms with Crippen LogP contribution in [-0.2, 0) is 0 Å². The minimum atomic E-state index is 0.0972. The first-order valence-corrected chi connectivity index (χ1v) is 2.49. The second-order valence-electron chi connectivity index (χ2n) is 1.78. The van der Waals surface area contributed by atoms with Crippen molar-refractivity contribution >= 4 is 0 Å². The Kier molecular flexibility index (Phi) is 3.43. The van der Waals surface area contributed by atoms with Gasteiger partial charge in [-0.1, -0.05) is 6.58 Å². The van der Waals surface area contributed by atoms with Crippen molar-refractivity contribution in [3.8, 4) is 0 Å². The van der Waals surface area contributed by atoms with Crippen molar-refractivity contribution in [2.75, 3.05) is 20.6 Å². The fourth-order valence-electron chi connectivity index (χ4n) is 0.306. The summed E-state index contributed by atoms with van der Waals surface area (Å²) in [5, 5.41) is 12.2. The molecule has 0 amide bonds. The van der Waals surface area contributed by atoms with Gasteiger partial charge in [-0.2, -0.15) is 5.01 Å². The Hall–Kier alpha value is -0.380. The summed E-state index contributed by atoms with van der Waals surface area (Å²) >= 11 is 0. The van der Waals surface area contributed by atoms with E-state index in [9.17, 15) is 5.21 Å². The third-order valence-electron chi connectivity index (χ3n) is 0.818. The van der Waals surface area contributed by atoms with E-state index < -0.39 is 0 Å². The van der Waals surface area contributed by atoms with Crippen LogP contribution in [0, 0.1) is 5.21 Å². The first-order chi connectivity index (χ1) is 3.68. The zero-order valence-corrected chi connectivity index (χ0v) is 5.35. The van der Waals surface area contributed by atoms with Crippen LogP contribution in [0.15, 0.2) is 12.7 Å². The highest BCUT2D eigenvalue weighted by molar-refractivity contribution is 4.61. The quantitative estimate of drug-likeness (QED) is 0.380. The molecule has 0 radical (unpaired) electrons. The van der Waals surface area contributed by atoms with Crippen molar-refractivity contribution in [2.24, 2.45) is 0 Å². The highest BCUT2D eigenvalue weighted by Gasteiger charge is 1.92. The molecule has 0 saturated carbocycles. The Bertz CT molecular complexity index is 72.8. The van der Waals surface area contributed by atoms with E-state index in [0.29, 0.717) is 6.54 Å². The van der Waals surface area contributed by atoms with Crippen LogP contribution in [-0.4, -0.2) is 25.6 Å². The molecule has 0 bridgehead atoms. The monoisotopic (exact) mass is 116 g/mol. The van der Waals surface area contributed by atoms with E-state index in [1.807, 2.05) is 0 Å². The Labute approximate surface area is 49.7 Å². The molecule has 1 unspecified atom stereocenters. The third kappa shape index (κ3) is 2.74. The maximum absolute atomic E-state index is 10.6. The van der Waals surface area contributed by atoms with Gasteiger partial charge in [-0.25, -0.2) is 0 Å². The molecule has 0 aromatic rings. The Balaban J connectivity index is 3.30. The molecule has 1 N–H and O–H groups in total. The van der Waals surface area contributed by atoms with Crippen LogP contribution in [0.25, 0.3) is 0 Å². The molecular weight excluding hydrogens is 104 g/mol. The van der Waals surface area contributed by atoms with Gasteiger partial charge >= 0.3 is 0 Å². The summed E-state index contributed by atoms with van der Waals surface area (Å²) < 4.78 is 0. The van der Waals surface area contributed by atoms with Crippen LogP contribution in [0.5, 0.6) is 0 Å². The average Bonchev–Trinajstić information content (AvgIpc) is 1.67. The molecule has 0 fully saturated rings. The molecule has 0 aromatic heterocycles. The summed E-state index contributed by atoms with van der Waals surface area (Å²) in [6.45, 7) is 3.87. The van der Waals surface area contributed by atoms with E-state index in [1.165, 1.54) is 0 Å². The van der Waals surface area contributed by atoms with Crippen molar-refractivity contribution < 1.29 is 5.17 Å². The van der Waals surface area contributed by atoms with Gasteiger partial charge < -0.3 is 5.21 Å². The predicted molar refractivity (Wildman–Crippen MR) is 33.1 cm³/mol. The van der Waals surface area contributed by atoms with Gasteiger partial charge in [0.05, 0.1) is 0 Å². The fourth-order valence-corrected chi connectivity index (χ4v) is 0.306. The molecule has 0 rings (SSSR count). The third-order valence-corrected chi connectivity index (χ3v) is 0.818. The Morgan fingerprint density at radius 3 is 2.38 bits per heavy atom. The van der Waals surface area contributed by atoms with E-state index in [2.05, 4.69) is 6.58 Å². The van der Waals surface area contributed by atoms with Crippen LogP contribution >= 0.6 is 0 Å². The molecule has 0 aliphatic carbocycles. The zero-order chi connectivity index (χ0) is 6.57. The lowest BCUT2D eigenvalue weighted by molar-refractivity contribution is -0.960. The van der Waals surface area contributed by atoms with Gasteiger partial charge in [0, 0.05) is 14.1 Å². The molecule has 0 aliphatic rings. The van der Waals surface area contributed by atoms with E-state index >= 15 is 0 Å². The zero-order valence-electron chi connectivity index (χ0n) is 5.35. The smallest absolute Gasteiger partial charge is 0.113 e. The predicted octanol–water partition coefficient (Wildman–Crippen LogP) is -0.968. The second kappa shape index (κ2) is 3.60. The highest BCUT2D eigenvalue weighted by atomic mass is 16.5. The molecule has 0 aromatic carbocycles. The molecule has 0 saturated heterocycles. The van der Waals surface area contributed by atoms with Crippen LogP contribution < -0.4 is 5.17 Å². The molecule has 8 heavy (non-hydrogen) atoms. The summed E-state index contributed by atoms with van der Waals surface area (Å²) in [5.74, 6) is 0. The summed E-state index contributed by atoms with van der Waals surface area (Å²) in [6.07, 6.45) is 1.60. The maximum Gasteiger partial charge on any atom is 0.113 e. The molecular formula is C5H12N2O. The summed E-state index contributed by atoms with van der Waals surface area (Å²) in [4.78, 5) is 0. The standard InChI is InChI=1S/C5H12N2O/c1-4-5-7(8)6(2)3/h4,7H,1,5H2,2-3H3. The Morgan fingerprint density at radius 2 is 2.25 bits per heavy atom. The fraction of sp³-hybridized carbons (Fsp3) is 0.600. The van der Waals surface area contributed by atoms with Crippen molar-refractivity contribution in [1.82, 2.24) is 5.01 Å². The van der Waals surface area contributed by atoms with E-state index in [1.54, 1.807) is 25.2 Å². The number of nitrogens with one attached hydrogen (secondary N) is 1. The van der Waals surface area contributed by atoms with Gasteiger partial charge in [-0.15, -0.1) is 0 Å². The number of hydroxylamine groups is 1. The molecule has 0 heterocycles. The lowest BCUT2D eigenvalue weighted by Gasteiger charge is -2.25. The summed E-state index contributed by atoms with van der Waals surface area (Å²) in [5.41, 5.74) is 0. The van der Waals surface area contributed by atoms with Crippen LogP contribution in [0.2, 0.25) is 0 Å². The normalized spacial score (nSPS) is 14.0. The first kappa shape index (κ1) is 7.62. The minimum absolute atomic E-state index is 0.0972. The van der Waals surface area contributed by atoms with Crippen LogP contribution in [0.3, 0.4) is 0 Å². The van der Waals surface area contributed by atoms with E-state index in [4.69, 9.17) is 0 Å². The van der Waals surface area contributed by atoms with Crippen molar-refractivity contribution in [2.45, 2.75) is 0 Å². The number of hydrogen-bond acceptors (Lipinski definition) is 2. The van der Waals surface area contributed by atoms with Gasteiger partial charge in [0.25, 0.3) is 0 Å². The van der Waals surface area contributed by atoms with Gasteiger partial charge in [-0.3, -0.25) is 5.17 Å². The first-order valence-electron chi connectivity index (χ1n) is 2.49.